The fraction of sp³-hybridized carbons (Fsp3) is 0.583. The average Bonchev–Trinajstić information content (AvgIpc) is 2.28. The van der Waals surface area contributed by atoms with Crippen LogP contribution >= 0.6 is 0 Å². The smallest absolute Gasteiger partial charge is 0.311 e. The Bertz CT molecular complexity index is 455. The summed E-state index contributed by atoms with van der Waals surface area (Å²) in [7, 11) is 0. The molecule has 0 saturated carbocycles. The second kappa shape index (κ2) is 4.89. The van der Waals surface area contributed by atoms with Crippen molar-refractivity contribution in [3.8, 4) is 0 Å². The van der Waals surface area contributed by atoms with Gasteiger partial charge in [-0.1, -0.05) is 0 Å². The second-order valence-corrected chi connectivity index (χ2v) is 5.01. The lowest BCUT2D eigenvalue weighted by molar-refractivity contribution is -0.384. The molecule has 0 aliphatic carbocycles. The van der Waals surface area contributed by atoms with E-state index in [1.54, 1.807) is 6.07 Å². The minimum Gasteiger partial charge on any atom is -0.359 e. The summed E-state index contributed by atoms with van der Waals surface area (Å²) in [5.74, 6) is 0.379. The SMILES string of the molecule is Cc1ccc([N+](=O)[O-])c(NC2(C)CCNCC2)n1. The van der Waals surface area contributed by atoms with Crippen LogP contribution in [0, 0.1) is 17.0 Å². The molecule has 6 heteroatoms. The topological polar surface area (TPSA) is 80.1 Å². The third-order valence-electron chi connectivity index (χ3n) is 3.34. The maximum atomic E-state index is 11.0. The van der Waals surface area contributed by atoms with E-state index in [2.05, 4.69) is 22.5 Å². The Morgan fingerprint density at radius 2 is 2.11 bits per heavy atom. The standard InChI is InChI=1S/C12H18N4O2/c1-9-3-4-10(16(17)18)11(14-9)15-12(2)5-7-13-8-6-12/h3-4,13H,5-8H2,1-2H3,(H,14,15). The first-order chi connectivity index (χ1) is 8.50. The predicted octanol–water partition coefficient (Wildman–Crippen LogP) is 1.85. The number of hydrogen-bond acceptors (Lipinski definition) is 5. The maximum Gasteiger partial charge on any atom is 0.311 e. The lowest BCUT2D eigenvalue weighted by Gasteiger charge is -2.35. The van der Waals surface area contributed by atoms with Crippen molar-refractivity contribution in [2.45, 2.75) is 32.2 Å². The molecule has 2 rings (SSSR count). The van der Waals surface area contributed by atoms with Crippen molar-refractivity contribution in [3.05, 3.63) is 27.9 Å². The zero-order valence-electron chi connectivity index (χ0n) is 10.7. The lowest BCUT2D eigenvalue weighted by atomic mass is 9.90. The molecule has 18 heavy (non-hydrogen) atoms. The number of aryl methyl sites for hydroxylation is 1. The Kier molecular flexibility index (Phi) is 3.47. The largest absolute Gasteiger partial charge is 0.359 e. The maximum absolute atomic E-state index is 11.0. The molecule has 2 N–H and O–H groups in total. The Morgan fingerprint density at radius 1 is 1.44 bits per heavy atom. The summed E-state index contributed by atoms with van der Waals surface area (Å²) in [4.78, 5) is 14.9. The first-order valence-electron chi connectivity index (χ1n) is 6.11. The number of pyridine rings is 1. The van der Waals surface area contributed by atoms with Crippen LogP contribution in [0.5, 0.6) is 0 Å². The molecule has 0 bridgehead atoms. The van der Waals surface area contributed by atoms with E-state index in [1.165, 1.54) is 6.07 Å². The second-order valence-electron chi connectivity index (χ2n) is 5.01. The van der Waals surface area contributed by atoms with Crippen molar-refractivity contribution in [2.75, 3.05) is 18.4 Å². The first kappa shape index (κ1) is 12.8. The summed E-state index contributed by atoms with van der Waals surface area (Å²) >= 11 is 0. The number of hydrogen-bond donors (Lipinski definition) is 2. The molecule has 2 heterocycles. The van der Waals surface area contributed by atoms with Gasteiger partial charge in [0.2, 0.25) is 5.82 Å². The van der Waals surface area contributed by atoms with E-state index in [0.29, 0.717) is 5.82 Å². The predicted molar refractivity (Wildman–Crippen MR) is 69.8 cm³/mol. The molecule has 6 nitrogen and oxygen atoms in total. The Balaban J connectivity index is 2.26. The highest BCUT2D eigenvalue weighted by Crippen LogP contribution is 2.28. The summed E-state index contributed by atoms with van der Waals surface area (Å²) < 4.78 is 0. The lowest BCUT2D eigenvalue weighted by Crippen LogP contribution is -2.45. The summed E-state index contributed by atoms with van der Waals surface area (Å²) in [5.41, 5.74) is 0.692. The van der Waals surface area contributed by atoms with Crippen LogP contribution in [0.3, 0.4) is 0 Å². The third-order valence-corrected chi connectivity index (χ3v) is 3.34. The van der Waals surface area contributed by atoms with Crippen LogP contribution in [0.1, 0.15) is 25.5 Å². The van der Waals surface area contributed by atoms with Crippen LogP contribution in [-0.4, -0.2) is 28.5 Å². The molecule has 1 aliphatic heterocycles. The van der Waals surface area contributed by atoms with E-state index in [1.807, 2.05) is 6.92 Å². The molecule has 1 fully saturated rings. The van der Waals surface area contributed by atoms with Gasteiger partial charge in [-0.3, -0.25) is 10.1 Å². The molecule has 1 aliphatic rings. The molecular weight excluding hydrogens is 232 g/mol. The van der Waals surface area contributed by atoms with Gasteiger partial charge in [0.15, 0.2) is 0 Å². The minimum absolute atomic E-state index is 0.0420. The van der Waals surface area contributed by atoms with Gasteiger partial charge in [-0.05, 0) is 45.8 Å². The first-order valence-corrected chi connectivity index (χ1v) is 6.11. The molecule has 0 unspecified atom stereocenters. The van der Waals surface area contributed by atoms with E-state index in [4.69, 9.17) is 0 Å². The number of nitrogens with zero attached hydrogens (tertiary/aromatic N) is 2. The van der Waals surface area contributed by atoms with Crippen molar-refractivity contribution < 1.29 is 4.92 Å². The number of anilines is 1. The fourth-order valence-electron chi connectivity index (χ4n) is 2.18. The summed E-state index contributed by atoms with van der Waals surface area (Å²) in [6, 6.07) is 3.17. The third kappa shape index (κ3) is 2.76. The van der Waals surface area contributed by atoms with Crippen molar-refractivity contribution in [2.24, 2.45) is 0 Å². The van der Waals surface area contributed by atoms with Crippen molar-refractivity contribution in [1.29, 1.82) is 0 Å². The minimum atomic E-state index is -0.390. The van der Waals surface area contributed by atoms with Crippen LogP contribution < -0.4 is 10.6 Å². The molecule has 0 radical (unpaired) electrons. The number of aromatic nitrogens is 1. The average molecular weight is 250 g/mol. The van der Waals surface area contributed by atoms with Crippen molar-refractivity contribution >= 4 is 11.5 Å². The zero-order chi connectivity index (χ0) is 13.2. The van der Waals surface area contributed by atoms with Gasteiger partial charge in [0.1, 0.15) is 0 Å². The normalized spacial score (nSPS) is 18.3. The van der Waals surface area contributed by atoms with Gasteiger partial charge in [-0.25, -0.2) is 4.98 Å². The Hall–Kier alpha value is -1.69. The van der Waals surface area contributed by atoms with Gasteiger partial charge in [-0.2, -0.15) is 0 Å². The van der Waals surface area contributed by atoms with Crippen LogP contribution in [0.4, 0.5) is 11.5 Å². The summed E-state index contributed by atoms with van der Waals surface area (Å²) in [5, 5.41) is 17.5. The number of piperidine rings is 1. The van der Waals surface area contributed by atoms with Crippen LogP contribution in [0.15, 0.2) is 12.1 Å². The Morgan fingerprint density at radius 3 is 2.72 bits per heavy atom. The molecule has 1 saturated heterocycles. The van der Waals surface area contributed by atoms with Gasteiger partial charge in [0.25, 0.3) is 0 Å². The molecular formula is C12H18N4O2. The number of rotatable bonds is 3. The van der Waals surface area contributed by atoms with E-state index in [9.17, 15) is 10.1 Å². The number of nitro groups is 1. The van der Waals surface area contributed by atoms with Crippen molar-refractivity contribution in [3.63, 3.8) is 0 Å². The van der Waals surface area contributed by atoms with Crippen molar-refractivity contribution in [1.82, 2.24) is 10.3 Å². The number of nitrogens with one attached hydrogen (secondary N) is 2. The van der Waals surface area contributed by atoms with Crippen LogP contribution in [-0.2, 0) is 0 Å². The summed E-state index contributed by atoms with van der Waals surface area (Å²) in [6.45, 7) is 5.76. The molecule has 0 amide bonds. The van der Waals surface area contributed by atoms with Crippen LogP contribution in [0.25, 0.3) is 0 Å². The molecule has 0 aromatic carbocycles. The van der Waals surface area contributed by atoms with Gasteiger partial charge in [0, 0.05) is 17.3 Å². The van der Waals surface area contributed by atoms with Gasteiger partial charge >= 0.3 is 5.69 Å². The van der Waals surface area contributed by atoms with Gasteiger partial charge in [0.05, 0.1) is 4.92 Å². The monoisotopic (exact) mass is 250 g/mol. The molecule has 0 spiro atoms. The van der Waals surface area contributed by atoms with E-state index in [0.717, 1.165) is 31.6 Å². The quantitative estimate of drug-likeness (QED) is 0.632. The van der Waals surface area contributed by atoms with Crippen LogP contribution in [0.2, 0.25) is 0 Å². The highest BCUT2D eigenvalue weighted by molar-refractivity contribution is 5.57. The highest BCUT2D eigenvalue weighted by Gasteiger charge is 2.29. The molecule has 1 aromatic rings. The highest BCUT2D eigenvalue weighted by atomic mass is 16.6. The fourth-order valence-corrected chi connectivity index (χ4v) is 2.18. The molecule has 1 aromatic heterocycles. The van der Waals surface area contributed by atoms with E-state index < -0.39 is 0 Å². The summed E-state index contributed by atoms with van der Waals surface area (Å²) in [6.07, 6.45) is 1.86. The molecule has 98 valence electrons. The Labute approximate surface area is 106 Å². The van der Waals surface area contributed by atoms with Gasteiger partial charge in [-0.15, -0.1) is 0 Å². The van der Waals surface area contributed by atoms with Gasteiger partial charge < -0.3 is 10.6 Å². The van der Waals surface area contributed by atoms with E-state index in [-0.39, 0.29) is 16.1 Å². The molecule has 0 atom stereocenters. The zero-order valence-corrected chi connectivity index (χ0v) is 10.7. The van der Waals surface area contributed by atoms with E-state index >= 15 is 0 Å².